The Kier molecular flexibility index (Phi) is 4.34. The van der Waals surface area contributed by atoms with E-state index < -0.39 is 0 Å². The number of aromatic nitrogens is 1. The molecule has 1 aromatic heterocycles. The average molecular weight is 391 g/mol. The van der Waals surface area contributed by atoms with E-state index in [4.69, 9.17) is 0 Å². The highest BCUT2D eigenvalue weighted by atomic mass is 19.1. The van der Waals surface area contributed by atoms with Gasteiger partial charge in [0.1, 0.15) is 5.82 Å². The number of rotatable bonds is 3. The van der Waals surface area contributed by atoms with Crippen molar-refractivity contribution in [3.05, 3.63) is 71.7 Å². The molecular formula is C23H22FN3O2. The van der Waals surface area contributed by atoms with Gasteiger partial charge >= 0.3 is 0 Å². The molecule has 1 aliphatic heterocycles. The number of H-pyrrole nitrogens is 1. The molecule has 0 unspecified atom stereocenters. The molecule has 3 aromatic rings. The van der Waals surface area contributed by atoms with Crippen LogP contribution in [0.4, 0.5) is 4.39 Å². The average Bonchev–Trinajstić information content (AvgIpc) is 3.44. The molecule has 2 fully saturated rings. The van der Waals surface area contributed by atoms with Crippen LogP contribution in [0.2, 0.25) is 0 Å². The number of aromatic amines is 1. The van der Waals surface area contributed by atoms with Gasteiger partial charge in [-0.2, -0.15) is 0 Å². The second-order valence-corrected chi connectivity index (χ2v) is 7.87. The number of hydrogen-bond acceptors (Lipinski definition) is 2. The molecule has 2 aliphatic rings. The summed E-state index contributed by atoms with van der Waals surface area (Å²) in [5.41, 5.74) is 2.65. The van der Waals surface area contributed by atoms with Crippen molar-refractivity contribution in [3.8, 4) is 0 Å². The van der Waals surface area contributed by atoms with Crippen LogP contribution >= 0.6 is 0 Å². The lowest BCUT2D eigenvalue weighted by Gasteiger charge is -2.35. The fraction of sp³-hybridized carbons (Fsp3) is 0.304. The van der Waals surface area contributed by atoms with Crippen LogP contribution in [0, 0.1) is 11.7 Å². The van der Waals surface area contributed by atoms with Crippen molar-refractivity contribution in [1.29, 1.82) is 0 Å². The first kappa shape index (κ1) is 17.9. The van der Waals surface area contributed by atoms with E-state index in [1.807, 2.05) is 34.1 Å². The summed E-state index contributed by atoms with van der Waals surface area (Å²) in [4.78, 5) is 32.6. The van der Waals surface area contributed by atoms with Crippen LogP contribution in [-0.4, -0.2) is 52.8 Å². The number of para-hydroxylation sites is 1. The molecule has 5 nitrogen and oxygen atoms in total. The number of hydrogen-bond donors (Lipinski definition) is 1. The van der Waals surface area contributed by atoms with Gasteiger partial charge in [-0.1, -0.05) is 30.3 Å². The van der Waals surface area contributed by atoms with Gasteiger partial charge in [0.2, 0.25) is 5.91 Å². The molecule has 1 saturated heterocycles. The Balaban J connectivity index is 1.20. The van der Waals surface area contributed by atoms with E-state index in [2.05, 4.69) is 4.98 Å². The highest BCUT2D eigenvalue weighted by molar-refractivity contribution is 6.06. The van der Waals surface area contributed by atoms with Crippen LogP contribution in [0.1, 0.15) is 28.3 Å². The van der Waals surface area contributed by atoms with Crippen LogP contribution in [0.5, 0.6) is 0 Å². The van der Waals surface area contributed by atoms with Crippen LogP contribution in [0.25, 0.3) is 10.9 Å². The van der Waals surface area contributed by atoms with E-state index >= 15 is 0 Å². The molecule has 0 spiro atoms. The van der Waals surface area contributed by atoms with Gasteiger partial charge in [-0.25, -0.2) is 4.39 Å². The third-order valence-electron chi connectivity index (χ3n) is 6.10. The van der Waals surface area contributed by atoms with Gasteiger partial charge < -0.3 is 14.8 Å². The fourth-order valence-electron chi connectivity index (χ4n) is 4.33. The minimum absolute atomic E-state index is 0.00478. The Morgan fingerprint density at radius 2 is 1.62 bits per heavy atom. The van der Waals surface area contributed by atoms with Crippen molar-refractivity contribution >= 4 is 22.7 Å². The predicted octanol–water partition coefficient (Wildman–Crippen LogP) is 3.40. The molecule has 1 aliphatic carbocycles. The highest BCUT2D eigenvalue weighted by Gasteiger charge is 2.46. The summed E-state index contributed by atoms with van der Waals surface area (Å²) in [6.45, 7) is 2.19. The highest BCUT2D eigenvalue weighted by Crippen LogP contribution is 2.48. The second-order valence-electron chi connectivity index (χ2n) is 7.87. The standard InChI is InChI=1S/C23H22FN3O2/c24-16-7-5-15(6-8-16)18-13-19(18)22(28)26-9-11-27(12-10-26)23(29)20-14-25-21-4-2-1-3-17(20)21/h1-8,14,18-19,25H,9-13H2/t18-,19-/m1/s1. The van der Waals surface area contributed by atoms with Gasteiger partial charge in [-0.3, -0.25) is 9.59 Å². The Morgan fingerprint density at radius 3 is 2.38 bits per heavy atom. The number of nitrogens with one attached hydrogen (secondary N) is 1. The minimum Gasteiger partial charge on any atom is -0.360 e. The zero-order valence-corrected chi connectivity index (χ0v) is 16.0. The van der Waals surface area contributed by atoms with E-state index in [-0.39, 0.29) is 29.5 Å². The van der Waals surface area contributed by atoms with Gasteiger partial charge in [0.25, 0.3) is 5.91 Å². The predicted molar refractivity (Wildman–Crippen MR) is 108 cm³/mol. The molecule has 5 rings (SSSR count). The number of benzene rings is 2. The summed E-state index contributed by atoms with van der Waals surface area (Å²) >= 11 is 0. The maximum Gasteiger partial charge on any atom is 0.256 e. The van der Waals surface area contributed by atoms with Gasteiger partial charge in [0, 0.05) is 49.2 Å². The summed E-state index contributed by atoms with van der Waals surface area (Å²) in [6.07, 6.45) is 2.58. The van der Waals surface area contributed by atoms with Crippen molar-refractivity contribution < 1.29 is 14.0 Å². The number of fused-ring (bicyclic) bond motifs is 1. The van der Waals surface area contributed by atoms with Crippen molar-refractivity contribution in [2.75, 3.05) is 26.2 Å². The monoisotopic (exact) mass is 391 g/mol. The van der Waals surface area contributed by atoms with E-state index in [0.29, 0.717) is 31.7 Å². The Morgan fingerprint density at radius 1 is 0.931 bits per heavy atom. The lowest BCUT2D eigenvalue weighted by atomic mass is 10.1. The molecule has 0 bridgehead atoms. The first-order valence-electron chi connectivity index (χ1n) is 10.0. The molecule has 2 atom stereocenters. The van der Waals surface area contributed by atoms with Crippen molar-refractivity contribution in [2.24, 2.45) is 5.92 Å². The van der Waals surface area contributed by atoms with E-state index in [1.165, 1.54) is 12.1 Å². The molecule has 1 N–H and O–H groups in total. The number of nitrogens with zero attached hydrogens (tertiary/aromatic N) is 2. The smallest absolute Gasteiger partial charge is 0.256 e. The number of amides is 2. The molecule has 29 heavy (non-hydrogen) atoms. The second kappa shape index (κ2) is 7.03. The summed E-state index contributed by atoms with van der Waals surface area (Å²) < 4.78 is 13.1. The van der Waals surface area contributed by atoms with Gasteiger partial charge in [-0.05, 0) is 36.1 Å². The molecular weight excluding hydrogens is 369 g/mol. The normalized spacial score (nSPS) is 21.4. The van der Waals surface area contributed by atoms with Gasteiger partial charge in [0.05, 0.1) is 5.56 Å². The number of halogens is 1. The summed E-state index contributed by atoms with van der Waals surface area (Å²) in [6, 6.07) is 14.2. The molecule has 2 aromatic carbocycles. The molecule has 2 heterocycles. The topological polar surface area (TPSA) is 56.4 Å². The van der Waals surface area contributed by atoms with Crippen LogP contribution < -0.4 is 0 Å². The lowest BCUT2D eigenvalue weighted by molar-refractivity contribution is -0.134. The largest absolute Gasteiger partial charge is 0.360 e. The molecule has 2 amide bonds. The Hall–Kier alpha value is -3.15. The van der Waals surface area contributed by atoms with Crippen molar-refractivity contribution in [3.63, 3.8) is 0 Å². The third kappa shape index (κ3) is 3.28. The first-order chi connectivity index (χ1) is 14.1. The number of carbonyl (C=O) groups is 2. The molecule has 148 valence electrons. The summed E-state index contributed by atoms with van der Waals surface area (Å²) in [5.74, 6) is 0.0715. The molecule has 1 saturated carbocycles. The van der Waals surface area contributed by atoms with Crippen molar-refractivity contribution in [1.82, 2.24) is 14.8 Å². The van der Waals surface area contributed by atoms with Gasteiger partial charge in [0.15, 0.2) is 0 Å². The maximum atomic E-state index is 13.1. The molecule has 6 heteroatoms. The van der Waals surface area contributed by atoms with Crippen LogP contribution in [0.3, 0.4) is 0 Å². The molecule has 0 radical (unpaired) electrons. The van der Waals surface area contributed by atoms with Crippen LogP contribution in [0.15, 0.2) is 54.7 Å². The first-order valence-corrected chi connectivity index (χ1v) is 10.0. The van der Waals surface area contributed by atoms with E-state index in [9.17, 15) is 14.0 Å². The Labute approximate surface area is 168 Å². The van der Waals surface area contributed by atoms with Gasteiger partial charge in [-0.15, -0.1) is 0 Å². The van der Waals surface area contributed by atoms with E-state index in [0.717, 1.165) is 22.9 Å². The van der Waals surface area contributed by atoms with E-state index in [1.54, 1.807) is 18.3 Å². The summed E-state index contributed by atoms with van der Waals surface area (Å²) in [7, 11) is 0. The zero-order chi connectivity index (χ0) is 20.0. The SMILES string of the molecule is O=C(c1c[nH]c2ccccc12)N1CCN(C(=O)[C@@H]2C[C@@H]2c2ccc(F)cc2)CC1. The minimum atomic E-state index is -0.256. The quantitative estimate of drug-likeness (QED) is 0.744. The lowest BCUT2D eigenvalue weighted by Crippen LogP contribution is -2.51. The van der Waals surface area contributed by atoms with Crippen LogP contribution in [-0.2, 0) is 4.79 Å². The Bertz CT molecular complexity index is 1070. The fourth-order valence-corrected chi connectivity index (χ4v) is 4.33. The zero-order valence-electron chi connectivity index (χ0n) is 16.0. The third-order valence-corrected chi connectivity index (χ3v) is 6.10. The maximum absolute atomic E-state index is 13.1. The summed E-state index contributed by atoms with van der Waals surface area (Å²) in [5, 5.41) is 0.927. The number of piperazine rings is 1. The van der Waals surface area contributed by atoms with Crippen molar-refractivity contribution in [2.45, 2.75) is 12.3 Å². The number of carbonyl (C=O) groups excluding carboxylic acids is 2.